The summed E-state index contributed by atoms with van der Waals surface area (Å²) in [6.45, 7) is 4.47. The number of ether oxygens (including phenoxy) is 1. The van der Waals surface area contributed by atoms with Crippen molar-refractivity contribution in [1.82, 2.24) is 14.8 Å². The lowest BCUT2D eigenvalue weighted by Crippen LogP contribution is -1.97. The van der Waals surface area contributed by atoms with Crippen LogP contribution in [-0.4, -0.2) is 19.9 Å². The van der Waals surface area contributed by atoms with Gasteiger partial charge in [-0.2, -0.15) is 5.10 Å². The van der Waals surface area contributed by atoms with Gasteiger partial charge in [-0.15, -0.1) is 0 Å². The first-order valence-corrected chi connectivity index (χ1v) is 5.54. The number of aliphatic hydroxyl groups excluding tert-OH is 1. The van der Waals surface area contributed by atoms with Gasteiger partial charge >= 0.3 is 0 Å². The summed E-state index contributed by atoms with van der Waals surface area (Å²) in [6, 6.07) is 3.56. The third-order valence-electron chi connectivity index (χ3n) is 2.40. The molecule has 0 bridgehead atoms. The van der Waals surface area contributed by atoms with Gasteiger partial charge in [0.15, 0.2) is 5.75 Å². The molecule has 2 heterocycles. The van der Waals surface area contributed by atoms with Gasteiger partial charge in [-0.3, -0.25) is 4.68 Å². The second kappa shape index (κ2) is 4.97. The molecular formula is C12H15N3O2. The minimum Gasteiger partial charge on any atom is -0.435 e. The molecule has 0 fully saturated rings. The number of aromatic nitrogens is 3. The van der Waals surface area contributed by atoms with Crippen LogP contribution < -0.4 is 4.74 Å². The quantitative estimate of drug-likeness (QED) is 0.878. The third kappa shape index (κ3) is 2.62. The molecule has 2 aromatic rings. The van der Waals surface area contributed by atoms with Gasteiger partial charge in [-0.1, -0.05) is 0 Å². The predicted octanol–water partition coefficient (Wildman–Crippen LogP) is 2.14. The molecule has 0 saturated heterocycles. The largest absolute Gasteiger partial charge is 0.435 e. The Hall–Kier alpha value is -1.88. The van der Waals surface area contributed by atoms with E-state index in [-0.39, 0.29) is 0 Å². The van der Waals surface area contributed by atoms with Crippen LogP contribution in [-0.2, 0) is 6.54 Å². The molecule has 5 heteroatoms. The number of hydrogen-bond acceptors (Lipinski definition) is 4. The Bertz CT molecular complexity index is 494. The molecule has 0 aliphatic rings. The second-order valence-electron chi connectivity index (χ2n) is 3.71. The van der Waals surface area contributed by atoms with Gasteiger partial charge in [0, 0.05) is 18.3 Å². The zero-order valence-corrected chi connectivity index (χ0v) is 9.87. The van der Waals surface area contributed by atoms with Crippen LogP contribution in [0.4, 0.5) is 0 Å². The van der Waals surface area contributed by atoms with Crippen molar-refractivity contribution in [3.8, 4) is 11.6 Å². The van der Waals surface area contributed by atoms with E-state index < -0.39 is 6.10 Å². The van der Waals surface area contributed by atoms with Crippen LogP contribution in [0.25, 0.3) is 0 Å². The van der Waals surface area contributed by atoms with Gasteiger partial charge in [-0.05, 0) is 26.0 Å². The van der Waals surface area contributed by atoms with Crippen molar-refractivity contribution in [1.29, 1.82) is 0 Å². The van der Waals surface area contributed by atoms with E-state index in [1.54, 1.807) is 42.3 Å². The smallest absolute Gasteiger partial charge is 0.225 e. The molecule has 2 rings (SSSR count). The number of rotatable bonds is 4. The van der Waals surface area contributed by atoms with Gasteiger partial charge in [0.05, 0.1) is 18.5 Å². The summed E-state index contributed by atoms with van der Waals surface area (Å²) in [5.41, 5.74) is 0.664. The Morgan fingerprint density at radius 2 is 2.35 bits per heavy atom. The average Bonchev–Trinajstić information content (AvgIpc) is 2.77. The number of hydrogen-bond donors (Lipinski definition) is 1. The van der Waals surface area contributed by atoms with Gasteiger partial charge < -0.3 is 9.84 Å². The van der Waals surface area contributed by atoms with E-state index in [1.165, 1.54) is 0 Å². The molecular weight excluding hydrogens is 218 g/mol. The SMILES string of the molecule is CCn1cc(Oc2ncccc2C(C)O)cn1. The van der Waals surface area contributed by atoms with Crippen LogP contribution in [0.1, 0.15) is 25.5 Å². The molecule has 0 aliphatic carbocycles. The molecule has 17 heavy (non-hydrogen) atoms. The first-order chi connectivity index (χ1) is 8.20. The topological polar surface area (TPSA) is 60.2 Å². The highest BCUT2D eigenvalue weighted by atomic mass is 16.5. The lowest BCUT2D eigenvalue weighted by atomic mass is 10.2. The molecule has 2 aromatic heterocycles. The Kier molecular flexibility index (Phi) is 3.39. The first kappa shape index (κ1) is 11.6. The lowest BCUT2D eigenvalue weighted by Gasteiger charge is -2.09. The average molecular weight is 233 g/mol. The fraction of sp³-hybridized carbons (Fsp3) is 0.333. The van der Waals surface area contributed by atoms with Crippen molar-refractivity contribution in [3.05, 3.63) is 36.3 Å². The maximum absolute atomic E-state index is 9.59. The zero-order valence-electron chi connectivity index (χ0n) is 9.87. The van der Waals surface area contributed by atoms with Gasteiger partial charge in [0.1, 0.15) is 0 Å². The highest BCUT2D eigenvalue weighted by Gasteiger charge is 2.11. The highest BCUT2D eigenvalue weighted by Crippen LogP contribution is 2.26. The Labute approximate surface area is 99.7 Å². The summed E-state index contributed by atoms with van der Waals surface area (Å²) in [6.07, 6.45) is 4.44. The van der Waals surface area contributed by atoms with E-state index in [4.69, 9.17) is 4.74 Å². The summed E-state index contributed by atoms with van der Waals surface area (Å²) >= 11 is 0. The van der Waals surface area contributed by atoms with Crippen LogP contribution in [0, 0.1) is 0 Å². The number of aliphatic hydroxyl groups is 1. The van der Waals surface area contributed by atoms with Crippen molar-refractivity contribution >= 4 is 0 Å². The molecule has 0 saturated carbocycles. The zero-order chi connectivity index (χ0) is 12.3. The maximum Gasteiger partial charge on any atom is 0.225 e. The molecule has 0 spiro atoms. The Balaban J connectivity index is 2.23. The predicted molar refractivity (Wildman–Crippen MR) is 62.8 cm³/mol. The number of aryl methyl sites for hydroxylation is 1. The Morgan fingerprint density at radius 1 is 1.53 bits per heavy atom. The summed E-state index contributed by atoms with van der Waals surface area (Å²) in [5, 5.41) is 13.7. The summed E-state index contributed by atoms with van der Waals surface area (Å²) in [4.78, 5) is 4.11. The van der Waals surface area contributed by atoms with Crippen molar-refractivity contribution in [2.45, 2.75) is 26.5 Å². The fourth-order valence-corrected chi connectivity index (χ4v) is 1.49. The Morgan fingerprint density at radius 3 is 3.00 bits per heavy atom. The monoisotopic (exact) mass is 233 g/mol. The molecule has 1 unspecified atom stereocenters. The van der Waals surface area contributed by atoms with E-state index in [0.717, 1.165) is 6.54 Å². The van der Waals surface area contributed by atoms with Crippen molar-refractivity contribution < 1.29 is 9.84 Å². The normalized spacial score (nSPS) is 12.4. The molecule has 0 amide bonds. The van der Waals surface area contributed by atoms with Crippen molar-refractivity contribution in [2.75, 3.05) is 0 Å². The molecule has 0 radical (unpaired) electrons. The van der Waals surface area contributed by atoms with Crippen LogP contribution >= 0.6 is 0 Å². The number of pyridine rings is 1. The summed E-state index contributed by atoms with van der Waals surface area (Å²) < 4.78 is 7.36. The van der Waals surface area contributed by atoms with E-state index in [9.17, 15) is 5.11 Å². The third-order valence-corrected chi connectivity index (χ3v) is 2.40. The molecule has 90 valence electrons. The summed E-state index contributed by atoms with van der Waals surface area (Å²) in [5.74, 6) is 1.03. The highest BCUT2D eigenvalue weighted by molar-refractivity contribution is 5.31. The van der Waals surface area contributed by atoms with E-state index in [2.05, 4.69) is 10.1 Å². The number of nitrogens with zero attached hydrogens (tertiary/aromatic N) is 3. The first-order valence-electron chi connectivity index (χ1n) is 5.54. The van der Waals surface area contributed by atoms with Gasteiger partial charge in [0.25, 0.3) is 0 Å². The van der Waals surface area contributed by atoms with Gasteiger partial charge in [-0.25, -0.2) is 4.98 Å². The molecule has 0 aliphatic heterocycles. The second-order valence-corrected chi connectivity index (χ2v) is 3.71. The lowest BCUT2D eigenvalue weighted by molar-refractivity contribution is 0.194. The standard InChI is InChI=1S/C12H15N3O2/c1-3-15-8-10(7-14-15)17-12-11(9(2)16)5-4-6-13-12/h4-9,16H,3H2,1-2H3. The molecule has 1 atom stereocenters. The molecule has 5 nitrogen and oxygen atoms in total. The molecule has 0 aromatic carbocycles. The van der Waals surface area contributed by atoms with E-state index in [0.29, 0.717) is 17.2 Å². The van der Waals surface area contributed by atoms with Gasteiger partial charge in [0.2, 0.25) is 5.88 Å². The van der Waals surface area contributed by atoms with E-state index in [1.807, 2.05) is 6.92 Å². The summed E-state index contributed by atoms with van der Waals surface area (Å²) in [7, 11) is 0. The fourth-order valence-electron chi connectivity index (χ4n) is 1.49. The minimum atomic E-state index is -0.611. The van der Waals surface area contributed by atoms with Crippen LogP contribution in [0.2, 0.25) is 0 Å². The maximum atomic E-state index is 9.59. The van der Waals surface area contributed by atoms with Crippen molar-refractivity contribution in [3.63, 3.8) is 0 Å². The van der Waals surface area contributed by atoms with E-state index >= 15 is 0 Å². The minimum absolute atomic E-state index is 0.415. The van der Waals surface area contributed by atoms with Crippen molar-refractivity contribution in [2.24, 2.45) is 0 Å². The van der Waals surface area contributed by atoms with Crippen LogP contribution in [0.15, 0.2) is 30.7 Å². The van der Waals surface area contributed by atoms with Crippen LogP contribution in [0.5, 0.6) is 11.6 Å². The molecule has 1 N–H and O–H groups in total. The van der Waals surface area contributed by atoms with Crippen LogP contribution in [0.3, 0.4) is 0 Å².